The molecule has 3 aromatic rings. The maximum atomic E-state index is 12.3. The molecule has 0 saturated heterocycles. The van der Waals surface area contributed by atoms with Crippen molar-refractivity contribution in [1.82, 2.24) is 0 Å². The lowest BCUT2D eigenvalue weighted by atomic mass is 10.0. The number of carbonyl (C=O) groups excluding carboxylic acids is 1. The van der Waals surface area contributed by atoms with Crippen LogP contribution < -0.4 is 5.73 Å². The van der Waals surface area contributed by atoms with E-state index in [0.29, 0.717) is 11.1 Å². The third kappa shape index (κ3) is 4.61. The van der Waals surface area contributed by atoms with E-state index in [0.717, 1.165) is 22.9 Å². The number of nitrogens with zero attached hydrogens (tertiary/aromatic N) is 1. The number of nitrogens with two attached hydrogens (primary N) is 1. The van der Waals surface area contributed by atoms with Crippen molar-refractivity contribution in [2.75, 3.05) is 0 Å². The molecule has 0 aliphatic rings. The Balaban J connectivity index is 1.78. The molecule has 0 atom stereocenters. The Morgan fingerprint density at radius 3 is 2.33 bits per heavy atom. The molecule has 3 rings (SSSR count). The number of rotatable bonds is 6. The third-order valence-electron chi connectivity index (χ3n) is 4.39. The molecule has 0 saturated carbocycles. The number of hydrogen-bond acceptors (Lipinski definition) is 7. The van der Waals surface area contributed by atoms with Gasteiger partial charge in [0.05, 0.1) is 10.5 Å². The summed E-state index contributed by atoms with van der Waals surface area (Å²) >= 11 is 0. The molecule has 0 aromatic heterocycles. The summed E-state index contributed by atoms with van der Waals surface area (Å²) in [6.45, 7) is 1.44. The molecular weight excluding hydrogens is 410 g/mol. The number of amidine groups is 1. The molecule has 3 aromatic carbocycles. The van der Waals surface area contributed by atoms with Crippen LogP contribution in [0, 0.1) is 22.4 Å². The fraction of sp³-hybridized carbons (Fsp3) is 0.100. The summed E-state index contributed by atoms with van der Waals surface area (Å²) in [7, 11) is -4.25. The first-order valence-electron chi connectivity index (χ1n) is 8.64. The number of nitro groups is 1. The van der Waals surface area contributed by atoms with E-state index >= 15 is 0 Å². The minimum absolute atomic E-state index is 0.0723. The zero-order valence-electron chi connectivity index (χ0n) is 15.8. The molecule has 10 heteroatoms. The largest absolute Gasteiger partial charge is 0.384 e. The molecule has 0 amide bonds. The summed E-state index contributed by atoms with van der Waals surface area (Å²) in [5.74, 6) is -1.72. The smallest absolute Gasteiger partial charge is 0.353 e. The van der Waals surface area contributed by atoms with Crippen LogP contribution in [0.4, 0.5) is 5.69 Å². The molecule has 9 nitrogen and oxygen atoms in total. The van der Waals surface area contributed by atoms with Crippen molar-refractivity contribution in [3.63, 3.8) is 0 Å². The maximum absolute atomic E-state index is 12.3. The van der Waals surface area contributed by atoms with Crippen LogP contribution in [0.5, 0.6) is 0 Å². The Hall–Kier alpha value is -3.79. The van der Waals surface area contributed by atoms with Gasteiger partial charge in [-0.1, -0.05) is 30.3 Å². The van der Waals surface area contributed by atoms with Crippen molar-refractivity contribution >= 4 is 38.4 Å². The zero-order valence-corrected chi connectivity index (χ0v) is 16.6. The van der Waals surface area contributed by atoms with Crippen molar-refractivity contribution in [1.29, 1.82) is 5.41 Å². The fourth-order valence-corrected chi connectivity index (χ4v) is 3.91. The van der Waals surface area contributed by atoms with Crippen LogP contribution >= 0.6 is 0 Å². The van der Waals surface area contributed by atoms with Crippen LogP contribution in [0.25, 0.3) is 10.8 Å². The minimum Gasteiger partial charge on any atom is -0.384 e. The van der Waals surface area contributed by atoms with Gasteiger partial charge in [-0.25, -0.2) is 4.79 Å². The van der Waals surface area contributed by atoms with Crippen molar-refractivity contribution < 1.29 is 22.3 Å². The van der Waals surface area contributed by atoms with Crippen LogP contribution in [0.3, 0.4) is 0 Å². The van der Waals surface area contributed by atoms with Crippen LogP contribution in [0.1, 0.15) is 27.0 Å². The van der Waals surface area contributed by atoms with Crippen LogP contribution in [0.15, 0.2) is 54.6 Å². The number of aryl methyl sites for hydroxylation is 1. The normalized spacial score (nSPS) is 11.2. The Morgan fingerprint density at radius 2 is 1.70 bits per heavy atom. The van der Waals surface area contributed by atoms with Gasteiger partial charge in [-0.15, -0.1) is 0 Å². The molecule has 0 aliphatic carbocycles. The number of nitro benzene ring substituents is 1. The number of nitrogen functional groups attached to an aromatic ring is 1. The minimum atomic E-state index is -4.25. The van der Waals surface area contributed by atoms with Crippen LogP contribution in [0.2, 0.25) is 0 Å². The number of benzene rings is 3. The van der Waals surface area contributed by atoms with Gasteiger partial charge in [-0.3, -0.25) is 15.5 Å². The maximum Gasteiger partial charge on any atom is 0.353 e. The van der Waals surface area contributed by atoms with Gasteiger partial charge in [0.25, 0.3) is 5.69 Å². The van der Waals surface area contributed by atoms with E-state index < -0.39 is 26.8 Å². The SMILES string of the molecule is Cc1cc(C(=O)OS(=O)(=O)Cc2ccc3cc(C(=N)N)ccc3c2)ccc1[N+](=O)[O-]. The Morgan fingerprint density at radius 1 is 1.07 bits per heavy atom. The average Bonchev–Trinajstić information content (AvgIpc) is 2.66. The van der Waals surface area contributed by atoms with Gasteiger partial charge in [-0.05, 0) is 41.5 Å². The van der Waals surface area contributed by atoms with Gasteiger partial charge in [-0.2, -0.15) is 8.42 Å². The molecule has 3 N–H and O–H groups in total. The van der Waals surface area contributed by atoms with Crippen molar-refractivity contribution in [2.45, 2.75) is 12.7 Å². The van der Waals surface area contributed by atoms with E-state index in [1.54, 1.807) is 36.4 Å². The van der Waals surface area contributed by atoms with Gasteiger partial charge >= 0.3 is 16.1 Å². The zero-order chi connectivity index (χ0) is 22.1. The summed E-state index contributed by atoms with van der Waals surface area (Å²) in [5.41, 5.74) is 6.36. The van der Waals surface area contributed by atoms with E-state index in [1.165, 1.54) is 13.0 Å². The van der Waals surface area contributed by atoms with Crippen molar-refractivity contribution in [2.24, 2.45) is 5.73 Å². The van der Waals surface area contributed by atoms with Gasteiger partial charge in [0.15, 0.2) is 0 Å². The standard InChI is InChI=1S/C20H17N3O6S/c1-12-8-17(6-7-18(12)23(25)26)20(24)29-30(27,28)11-13-2-3-15-10-16(19(21)22)5-4-14(15)9-13/h2-10H,11H2,1H3,(H3,21,22). The Labute approximate surface area is 171 Å². The highest BCUT2D eigenvalue weighted by molar-refractivity contribution is 7.86. The first kappa shape index (κ1) is 20.9. The number of hydrogen-bond donors (Lipinski definition) is 2. The second kappa shape index (κ2) is 7.91. The lowest BCUT2D eigenvalue weighted by Crippen LogP contribution is -2.15. The summed E-state index contributed by atoms with van der Waals surface area (Å²) in [4.78, 5) is 22.5. The quantitative estimate of drug-likeness (QED) is 0.201. The molecule has 0 bridgehead atoms. The average molecular weight is 427 g/mol. The molecule has 0 spiro atoms. The van der Waals surface area contributed by atoms with Crippen molar-refractivity contribution in [3.8, 4) is 0 Å². The monoisotopic (exact) mass is 427 g/mol. The molecule has 0 aliphatic heterocycles. The first-order valence-corrected chi connectivity index (χ1v) is 10.2. The second-order valence-corrected chi connectivity index (χ2v) is 8.21. The molecule has 0 fully saturated rings. The van der Waals surface area contributed by atoms with Gasteiger partial charge in [0, 0.05) is 17.2 Å². The molecule has 0 radical (unpaired) electrons. The van der Waals surface area contributed by atoms with E-state index in [-0.39, 0.29) is 22.6 Å². The van der Waals surface area contributed by atoms with E-state index in [9.17, 15) is 23.3 Å². The fourth-order valence-electron chi connectivity index (χ4n) is 2.94. The van der Waals surface area contributed by atoms with Gasteiger partial charge in [0.1, 0.15) is 11.6 Å². The third-order valence-corrected chi connectivity index (χ3v) is 5.48. The van der Waals surface area contributed by atoms with E-state index in [2.05, 4.69) is 4.18 Å². The van der Waals surface area contributed by atoms with E-state index in [1.807, 2.05) is 0 Å². The molecule has 154 valence electrons. The Kier molecular flexibility index (Phi) is 5.52. The first-order chi connectivity index (χ1) is 14.1. The summed E-state index contributed by atoms with van der Waals surface area (Å²) < 4.78 is 29.3. The van der Waals surface area contributed by atoms with Gasteiger partial charge in [0.2, 0.25) is 0 Å². The lowest BCUT2D eigenvalue weighted by Gasteiger charge is -2.08. The van der Waals surface area contributed by atoms with Crippen LogP contribution in [-0.4, -0.2) is 25.1 Å². The highest BCUT2D eigenvalue weighted by Crippen LogP contribution is 2.22. The number of carbonyl (C=O) groups is 1. The summed E-state index contributed by atoms with van der Waals surface area (Å²) in [6, 6.07) is 13.5. The highest BCUT2D eigenvalue weighted by atomic mass is 32.2. The summed E-state index contributed by atoms with van der Waals surface area (Å²) in [6.07, 6.45) is 0. The summed E-state index contributed by atoms with van der Waals surface area (Å²) in [5, 5.41) is 19.8. The van der Waals surface area contributed by atoms with Crippen molar-refractivity contribution in [3.05, 3.63) is 87.0 Å². The predicted octanol–water partition coefficient (Wildman–Crippen LogP) is 3.03. The van der Waals surface area contributed by atoms with E-state index in [4.69, 9.17) is 11.1 Å². The lowest BCUT2D eigenvalue weighted by molar-refractivity contribution is -0.385. The molecule has 0 heterocycles. The molecule has 0 unspecified atom stereocenters. The number of nitrogens with one attached hydrogen (secondary N) is 1. The topological polar surface area (TPSA) is 153 Å². The second-order valence-electron chi connectivity index (χ2n) is 6.64. The Bertz CT molecular complexity index is 1300. The van der Waals surface area contributed by atoms with Gasteiger partial charge < -0.3 is 9.92 Å². The number of fused-ring (bicyclic) bond motifs is 1. The molecular formula is C20H17N3O6S. The predicted molar refractivity (Wildman–Crippen MR) is 111 cm³/mol. The molecule has 30 heavy (non-hydrogen) atoms. The van der Waals surface area contributed by atoms with Crippen LogP contribution in [-0.2, 0) is 20.1 Å². The highest BCUT2D eigenvalue weighted by Gasteiger charge is 2.21.